The van der Waals surface area contributed by atoms with Crippen LogP contribution >= 0.6 is 22.6 Å². The molecule has 1 fully saturated rings. The van der Waals surface area contributed by atoms with Gasteiger partial charge in [-0.25, -0.2) is 4.39 Å². The first kappa shape index (κ1) is 10.0. The molecule has 2 rings (SSSR count). The van der Waals surface area contributed by atoms with Crippen molar-refractivity contribution in [3.05, 3.63) is 21.2 Å². The minimum Gasteiger partial charge on any atom is -0.366 e. The van der Waals surface area contributed by atoms with Crippen LogP contribution in [0.25, 0.3) is 0 Å². The van der Waals surface area contributed by atoms with Crippen LogP contribution < -0.4 is 5.32 Å². The second-order valence-corrected chi connectivity index (χ2v) is 4.19. The summed E-state index contributed by atoms with van der Waals surface area (Å²) in [5.41, 5.74) is 0. The van der Waals surface area contributed by atoms with Crippen molar-refractivity contribution in [2.24, 2.45) is 0 Å². The van der Waals surface area contributed by atoms with Crippen LogP contribution in [0.5, 0.6) is 0 Å². The first-order valence-electron chi connectivity index (χ1n) is 4.06. The Kier molecular flexibility index (Phi) is 2.54. The number of hydrogen-bond acceptors (Lipinski definition) is 2. The van der Waals surface area contributed by atoms with Gasteiger partial charge in [0.25, 0.3) is 5.95 Å². The second-order valence-electron chi connectivity index (χ2n) is 3.11. The lowest BCUT2D eigenvalue weighted by Gasteiger charge is -2.07. The first-order valence-corrected chi connectivity index (χ1v) is 5.14. The number of anilines is 1. The average molecular weight is 314 g/mol. The van der Waals surface area contributed by atoms with Crippen LogP contribution in [0.3, 0.4) is 0 Å². The van der Waals surface area contributed by atoms with Crippen LogP contribution in [0.15, 0.2) is 0 Å². The molecule has 0 saturated heterocycles. The minimum absolute atomic E-state index is 0.00611. The fraction of sp³-hybridized carbons (Fsp3) is 0.375. The lowest BCUT2D eigenvalue weighted by atomic mass is 10.4. The van der Waals surface area contributed by atoms with Gasteiger partial charge in [0.05, 0.1) is 3.57 Å². The Bertz CT molecular complexity index is 379. The van der Waals surface area contributed by atoms with Crippen LogP contribution in [0.2, 0.25) is 0 Å². The summed E-state index contributed by atoms with van der Waals surface area (Å²) < 4.78 is 38.4. The molecule has 0 unspecified atom stereocenters. The monoisotopic (exact) mass is 314 g/mol. The van der Waals surface area contributed by atoms with Crippen LogP contribution in [0.4, 0.5) is 19.0 Å². The number of rotatable bonds is 2. The van der Waals surface area contributed by atoms with Gasteiger partial charge in [-0.15, -0.1) is 0 Å². The van der Waals surface area contributed by atoms with Gasteiger partial charge in [0.2, 0.25) is 5.82 Å². The minimum atomic E-state index is -1.52. The van der Waals surface area contributed by atoms with Crippen LogP contribution in [-0.2, 0) is 0 Å². The largest absolute Gasteiger partial charge is 0.366 e. The van der Waals surface area contributed by atoms with E-state index >= 15 is 0 Å². The van der Waals surface area contributed by atoms with Gasteiger partial charge >= 0.3 is 0 Å². The highest BCUT2D eigenvalue weighted by Crippen LogP contribution is 2.28. The smallest absolute Gasteiger partial charge is 0.254 e. The summed E-state index contributed by atoms with van der Waals surface area (Å²) in [6, 6.07) is 0.222. The Morgan fingerprint density at radius 1 is 1.21 bits per heavy atom. The van der Waals surface area contributed by atoms with E-state index in [2.05, 4.69) is 10.3 Å². The molecule has 0 aromatic carbocycles. The molecule has 0 aliphatic heterocycles. The predicted molar refractivity (Wildman–Crippen MR) is 53.5 cm³/mol. The van der Waals surface area contributed by atoms with Crippen molar-refractivity contribution < 1.29 is 13.2 Å². The number of halogens is 4. The maximum Gasteiger partial charge on any atom is 0.254 e. The van der Waals surface area contributed by atoms with Crippen molar-refractivity contribution in [2.75, 3.05) is 5.32 Å². The summed E-state index contributed by atoms with van der Waals surface area (Å²) in [6.07, 6.45) is 1.91. The summed E-state index contributed by atoms with van der Waals surface area (Å²) in [4.78, 5) is 3.31. The Balaban J connectivity index is 2.38. The molecule has 2 nitrogen and oxygen atoms in total. The van der Waals surface area contributed by atoms with E-state index in [-0.39, 0.29) is 15.4 Å². The number of hydrogen-bond donors (Lipinski definition) is 1. The Hall–Kier alpha value is -0.530. The molecule has 76 valence electrons. The van der Waals surface area contributed by atoms with Gasteiger partial charge in [-0.2, -0.15) is 13.8 Å². The molecule has 1 aliphatic carbocycles. The van der Waals surface area contributed by atoms with Crippen LogP contribution in [0, 0.1) is 21.2 Å². The molecule has 0 atom stereocenters. The molecule has 0 spiro atoms. The van der Waals surface area contributed by atoms with Crippen LogP contribution in [-0.4, -0.2) is 11.0 Å². The predicted octanol–water partition coefficient (Wildman–Crippen LogP) is 2.68. The fourth-order valence-electron chi connectivity index (χ4n) is 1.00. The van der Waals surface area contributed by atoms with E-state index < -0.39 is 17.6 Å². The van der Waals surface area contributed by atoms with Gasteiger partial charge in [-0.1, -0.05) is 0 Å². The normalized spacial score (nSPS) is 15.7. The number of aromatic nitrogens is 1. The number of nitrogens with one attached hydrogen (secondary N) is 1. The van der Waals surface area contributed by atoms with E-state index in [0.717, 1.165) is 12.8 Å². The molecule has 1 aromatic rings. The topological polar surface area (TPSA) is 24.9 Å². The molecule has 1 N–H and O–H groups in total. The zero-order valence-electron chi connectivity index (χ0n) is 6.95. The zero-order chi connectivity index (χ0) is 10.3. The molecule has 1 saturated carbocycles. The molecule has 0 amide bonds. The number of nitrogens with zero attached hydrogens (tertiary/aromatic N) is 1. The summed E-state index contributed by atoms with van der Waals surface area (Å²) in [6.45, 7) is 0. The maximum absolute atomic E-state index is 13.0. The number of pyridine rings is 1. The zero-order valence-corrected chi connectivity index (χ0v) is 9.11. The van der Waals surface area contributed by atoms with E-state index in [1.54, 1.807) is 22.6 Å². The van der Waals surface area contributed by atoms with Gasteiger partial charge in [-0.3, -0.25) is 0 Å². The van der Waals surface area contributed by atoms with Gasteiger partial charge in [0, 0.05) is 6.04 Å². The molecule has 0 radical (unpaired) electrons. The Morgan fingerprint density at radius 2 is 1.86 bits per heavy atom. The molecule has 0 bridgehead atoms. The van der Waals surface area contributed by atoms with E-state index in [1.807, 2.05) is 0 Å². The molecule has 6 heteroatoms. The third kappa shape index (κ3) is 1.79. The molecular formula is C8H6F3IN2. The SMILES string of the molecule is Fc1nc(NC2CC2)c(I)c(F)c1F. The molecule has 14 heavy (non-hydrogen) atoms. The van der Waals surface area contributed by atoms with E-state index in [4.69, 9.17) is 0 Å². The summed E-state index contributed by atoms with van der Waals surface area (Å²) in [5.74, 6) is -4.01. The van der Waals surface area contributed by atoms with Crippen molar-refractivity contribution in [1.82, 2.24) is 4.98 Å². The van der Waals surface area contributed by atoms with Crippen LogP contribution in [0.1, 0.15) is 12.8 Å². The van der Waals surface area contributed by atoms with Gasteiger partial charge < -0.3 is 5.32 Å². The molecular weight excluding hydrogens is 308 g/mol. The average Bonchev–Trinajstić information content (AvgIpc) is 2.94. The van der Waals surface area contributed by atoms with E-state index in [0.29, 0.717) is 0 Å². The van der Waals surface area contributed by atoms with Gasteiger partial charge in [0.1, 0.15) is 5.82 Å². The fourth-order valence-corrected chi connectivity index (χ4v) is 1.52. The van der Waals surface area contributed by atoms with E-state index in [1.165, 1.54) is 0 Å². The van der Waals surface area contributed by atoms with Gasteiger partial charge in [0.15, 0.2) is 5.82 Å². The second kappa shape index (κ2) is 3.56. The molecule has 1 heterocycles. The highest BCUT2D eigenvalue weighted by Gasteiger charge is 2.25. The van der Waals surface area contributed by atoms with Crippen molar-refractivity contribution in [3.63, 3.8) is 0 Å². The quantitative estimate of drug-likeness (QED) is 0.671. The van der Waals surface area contributed by atoms with Crippen molar-refractivity contribution >= 4 is 28.4 Å². The van der Waals surface area contributed by atoms with Crippen molar-refractivity contribution in [3.8, 4) is 0 Å². The third-order valence-electron chi connectivity index (χ3n) is 1.90. The Labute approximate surface area is 92.0 Å². The standard InChI is InChI=1S/C8H6F3IN2/c9-4-5(10)7(11)14-8(6(4)12)13-3-1-2-3/h3H,1-2H2,(H,13,14). The summed E-state index contributed by atoms with van der Waals surface area (Å²) >= 11 is 1.60. The van der Waals surface area contributed by atoms with E-state index in [9.17, 15) is 13.2 Å². The summed E-state index contributed by atoms with van der Waals surface area (Å²) in [7, 11) is 0. The lowest BCUT2D eigenvalue weighted by Crippen LogP contribution is -2.09. The molecule has 1 aromatic heterocycles. The molecule has 1 aliphatic rings. The first-order chi connectivity index (χ1) is 6.59. The van der Waals surface area contributed by atoms with Crippen molar-refractivity contribution in [2.45, 2.75) is 18.9 Å². The highest BCUT2D eigenvalue weighted by atomic mass is 127. The third-order valence-corrected chi connectivity index (χ3v) is 2.89. The summed E-state index contributed by atoms with van der Waals surface area (Å²) in [5, 5.41) is 2.83. The van der Waals surface area contributed by atoms with Gasteiger partial charge in [-0.05, 0) is 35.4 Å². The highest BCUT2D eigenvalue weighted by molar-refractivity contribution is 14.1. The Morgan fingerprint density at radius 3 is 2.43 bits per heavy atom. The van der Waals surface area contributed by atoms with Crippen molar-refractivity contribution in [1.29, 1.82) is 0 Å². The lowest BCUT2D eigenvalue weighted by molar-refractivity contribution is 0.424. The maximum atomic E-state index is 13.0.